The Morgan fingerprint density at radius 2 is 1.76 bits per heavy atom. The van der Waals surface area contributed by atoms with Crippen molar-refractivity contribution in [1.82, 2.24) is 9.80 Å². The molecule has 1 heterocycles. The van der Waals surface area contributed by atoms with Gasteiger partial charge in [0.25, 0.3) is 0 Å². The number of nitrogens with two attached hydrogens (primary N) is 1. The molecule has 17 heavy (non-hydrogen) atoms. The zero-order chi connectivity index (χ0) is 12.8. The van der Waals surface area contributed by atoms with Crippen molar-refractivity contribution in [3.8, 4) is 0 Å². The molecule has 0 aliphatic carbocycles. The SMILES string of the molecule is CCC[C@H](N)C(=O)N1CCCN(C(C)=O)CC1. The van der Waals surface area contributed by atoms with E-state index in [9.17, 15) is 9.59 Å². The van der Waals surface area contributed by atoms with Crippen LogP contribution in [0, 0.1) is 0 Å². The first-order valence-corrected chi connectivity index (χ1v) is 6.36. The average Bonchev–Trinajstić information content (AvgIpc) is 2.53. The Hall–Kier alpha value is -1.10. The molecule has 0 aromatic heterocycles. The molecule has 98 valence electrons. The van der Waals surface area contributed by atoms with Crippen LogP contribution < -0.4 is 5.73 Å². The van der Waals surface area contributed by atoms with Gasteiger partial charge in [-0.15, -0.1) is 0 Å². The fourth-order valence-electron chi connectivity index (χ4n) is 2.12. The van der Waals surface area contributed by atoms with Crippen molar-refractivity contribution >= 4 is 11.8 Å². The molecule has 0 radical (unpaired) electrons. The molecule has 0 aromatic rings. The van der Waals surface area contributed by atoms with Gasteiger partial charge in [-0.05, 0) is 12.8 Å². The van der Waals surface area contributed by atoms with Crippen LogP contribution in [-0.2, 0) is 9.59 Å². The van der Waals surface area contributed by atoms with Gasteiger partial charge in [0.15, 0.2) is 0 Å². The standard InChI is InChI=1S/C12H23N3O2/c1-3-5-11(13)12(17)15-7-4-6-14(8-9-15)10(2)16/h11H,3-9,13H2,1-2H3/t11-/m0/s1. The first-order valence-electron chi connectivity index (χ1n) is 6.36. The second-order valence-corrected chi connectivity index (χ2v) is 4.58. The molecule has 1 saturated heterocycles. The first-order chi connectivity index (χ1) is 8.06. The fraction of sp³-hybridized carbons (Fsp3) is 0.833. The fourth-order valence-corrected chi connectivity index (χ4v) is 2.12. The molecule has 0 unspecified atom stereocenters. The minimum atomic E-state index is -0.385. The molecule has 1 rings (SSSR count). The summed E-state index contributed by atoms with van der Waals surface area (Å²) < 4.78 is 0. The zero-order valence-electron chi connectivity index (χ0n) is 10.8. The maximum Gasteiger partial charge on any atom is 0.239 e. The quantitative estimate of drug-likeness (QED) is 0.767. The second kappa shape index (κ2) is 6.59. The van der Waals surface area contributed by atoms with E-state index in [1.165, 1.54) is 0 Å². The van der Waals surface area contributed by atoms with Gasteiger partial charge in [0.05, 0.1) is 6.04 Å². The van der Waals surface area contributed by atoms with Gasteiger partial charge in [0, 0.05) is 33.1 Å². The van der Waals surface area contributed by atoms with Crippen LogP contribution in [-0.4, -0.2) is 53.8 Å². The Kier molecular flexibility index (Phi) is 5.41. The second-order valence-electron chi connectivity index (χ2n) is 4.58. The van der Waals surface area contributed by atoms with Crippen molar-refractivity contribution in [3.05, 3.63) is 0 Å². The van der Waals surface area contributed by atoms with Gasteiger partial charge in [0.1, 0.15) is 0 Å². The van der Waals surface area contributed by atoms with Crippen LogP contribution in [0.2, 0.25) is 0 Å². The Morgan fingerprint density at radius 3 is 2.35 bits per heavy atom. The van der Waals surface area contributed by atoms with Crippen molar-refractivity contribution in [2.24, 2.45) is 5.73 Å². The Bertz CT molecular complexity index is 281. The minimum Gasteiger partial charge on any atom is -0.341 e. The van der Waals surface area contributed by atoms with Crippen molar-refractivity contribution in [2.45, 2.75) is 39.2 Å². The third-order valence-electron chi connectivity index (χ3n) is 3.17. The number of carbonyl (C=O) groups excluding carboxylic acids is 2. The summed E-state index contributed by atoms with van der Waals surface area (Å²) in [7, 11) is 0. The molecule has 2 amide bonds. The highest BCUT2D eigenvalue weighted by atomic mass is 16.2. The summed E-state index contributed by atoms with van der Waals surface area (Å²) in [5, 5.41) is 0. The maximum atomic E-state index is 12.0. The topological polar surface area (TPSA) is 66.6 Å². The number of hydrogen-bond acceptors (Lipinski definition) is 3. The van der Waals surface area contributed by atoms with Crippen molar-refractivity contribution < 1.29 is 9.59 Å². The van der Waals surface area contributed by atoms with Gasteiger partial charge in [-0.3, -0.25) is 9.59 Å². The summed E-state index contributed by atoms with van der Waals surface area (Å²) in [6, 6.07) is -0.385. The minimum absolute atomic E-state index is 0.0252. The number of rotatable bonds is 3. The maximum absolute atomic E-state index is 12.0. The summed E-state index contributed by atoms with van der Waals surface area (Å²) in [5.41, 5.74) is 5.83. The van der Waals surface area contributed by atoms with E-state index >= 15 is 0 Å². The zero-order valence-corrected chi connectivity index (χ0v) is 10.8. The molecular weight excluding hydrogens is 218 g/mol. The third kappa shape index (κ3) is 4.00. The lowest BCUT2D eigenvalue weighted by molar-refractivity contribution is -0.133. The number of nitrogens with zero attached hydrogens (tertiary/aromatic N) is 2. The smallest absolute Gasteiger partial charge is 0.239 e. The molecule has 1 fully saturated rings. The van der Waals surface area contributed by atoms with Crippen LogP contribution in [0.5, 0.6) is 0 Å². The molecule has 0 bridgehead atoms. The summed E-state index contributed by atoms with van der Waals surface area (Å²) >= 11 is 0. The Labute approximate surface area is 103 Å². The van der Waals surface area contributed by atoms with Crippen LogP contribution in [0.4, 0.5) is 0 Å². The molecule has 1 aliphatic heterocycles. The van der Waals surface area contributed by atoms with Gasteiger partial charge in [-0.2, -0.15) is 0 Å². The van der Waals surface area contributed by atoms with Crippen LogP contribution in [0.3, 0.4) is 0 Å². The lowest BCUT2D eigenvalue weighted by atomic mass is 10.1. The van der Waals surface area contributed by atoms with Gasteiger partial charge in [0.2, 0.25) is 11.8 Å². The molecule has 1 atom stereocenters. The van der Waals surface area contributed by atoms with Crippen molar-refractivity contribution in [1.29, 1.82) is 0 Å². The normalized spacial score (nSPS) is 18.8. The predicted octanol–water partition coefficient (Wildman–Crippen LogP) is 0.195. The van der Waals surface area contributed by atoms with Crippen molar-refractivity contribution in [2.75, 3.05) is 26.2 Å². The Balaban J connectivity index is 2.50. The molecule has 0 saturated carbocycles. The van der Waals surface area contributed by atoms with E-state index < -0.39 is 0 Å². The van der Waals surface area contributed by atoms with Gasteiger partial charge in [-0.1, -0.05) is 13.3 Å². The summed E-state index contributed by atoms with van der Waals surface area (Å²) in [4.78, 5) is 26.9. The summed E-state index contributed by atoms with van der Waals surface area (Å²) in [6.45, 7) is 6.27. The summed E-state index contributed by atoms with van der Waals surface area (Å²) in [6.07, 6.45) is 2.48. The van der Waals surface area contributed by atoms with Crippen LogP contribution in [0.1, 0.15) is 33.1 Å². The average molecular weight is 241 g/mol. The lowest BCUT2D eigenvalue weighted by Gasteiger charge is -2.24. The predicted molar refractivity (Wildman–Crippen MR) is 66.3 cm³/mol. The highest BCUT2D eigenvalue weighted by molar-refractivity contribution is 5.81. The molecule has 0 spiro atoms. The van der Waals surface area contributed by atoms with Crippen molar-refractivity contribution in [3.63, 3.8) is 0 Å². The van der Waals surface area contributed by atoms with E-state index in [-0.39, 0.29) is 17.9 Å². The van der Waals surface area contributed by atoms with Crippen LogP contribution in [0.25, 0.3) is 0 Å². The first kappa shape index (κ1) is 14.0. The number of carbonyl (C=O) groups is 2. The van der Waals surface area contributed by atoms with E-state index in [0.29, 0.717) is 19.6 Å². The molecule has 1 aliphatic rings. The summed E-state index contributed by atoms with van der Waals surface area (Å²) in [5.74, 6) is 0.106. The highest BCUT2D eigenvalue weighted by Crippen LogP contribution is 2.06. The molecule has 5 nitrogen and oxygen atoms in total. The molecular formula is C12H23N3O2. The van der Waals surface area contributed by atoms with E-state index in [1.54, 1.807) is 16.7 Å². The van der Waals surface area contributed by atoms with E-state index in [2.05, 4.69) is 0 Å². The molecule has 0 aromatic carbocycles. The number of amides is 2. The third-order valence-corrected chi connectivity index (χ3v) is 3.17. The van der Waals surface area contributed by atoms with Gasteiger partial charge >= 0.3 is 0 Å². The van der Waals surface area contributed by atoms with Gasteiger partial charge < -0.3 is 15.5 Å². The monoisotopic (exact) mass is 241 g/mol. The van der Waals surface area contributed by atoms with Gasteiger partial charge in [-0.25, -0.2) is 0 Å². The Morgan fingerprint density at radius 1 is 1.18 bits per heavy atom. The van der Waals surface area contributed by atoms with E-state index in [0.717, 1.165) is 25.8 Å². The van der Waals surface area contributed by atoms with Crippen LogP contribution in [0.15, 0.2) is 0 Å². The van der Waals surface area contributed by atoms with Crippen LogP contribution >= 0.6 is 0 Å². The highest BCUT2D eigenvalue weighted by Gasteiger charge is 2.23. The molecule has 5 heteroatoms. The van der Waals surface area contributed by atoms with E-state index in [1.807, 2.05) is 6.92 Å². The molecule has 2 N–H and O–H groups in total. The largest absolute Gasteiger partial charge is 0.341 e. The van der Waals surface area contributed by atoms with E-state index in [4.69, 9.17) is 5.73 Å². The lowest BCUT2D eigenvalue weighted by Crippen LogP contribution is -2.45. The number of hydrogen-bond donors (Lipinski definition) is 1.